The lowest BCUT2D eigenvalue weighted by Gasteiger charge is -2.21. The second-order valence-corrected chi connectivity index (χ2v) is 6.08. The average Bonchev–Trinajstić information content (AvgIpc) is 2.37. The smallest absolute Gasteiger partial charge is 0.138 e. The molecule has 2 aromatic rings. The Kier molecular flexibility index (Phi) is 4.74. The maximum Gasteiger partial charge on any atom is 0.138 e. The lowest BCUT2D eigenvalue weighted by atomic mass is 9.91. The van der Waals surface area contributed by atoms with Crippen molar-refractivity contribution >= 4 is 27.5 Å². The van der Waals surface area contributed by atoms with Gasteiger partial charge in [0.2, 0.25) is 0 Å². The van der Waals surface area contributed by atoms with Gasteiger partial charge >= 0.3 is 0 Å². The van der Waals surface area contributed by atoms with Crippen molar-refractivity contribution < 1.29 is 4.74 Å². The molecule has 0 saturated heterocycles. The molecule has 1 unspecified atom stereocenters. The molecular formula is C16H17BrClNO. The number of rotatable bonds is 3. The molecule has 0 radical (unpaired) electrons. The number of hydrogen-bond acceptors (Lipinski definition) is 2. The fourth-order valence-electron chi connectivity index (χ4n) is 2.50. The van der Waals surface area contributed by atoms with Crippen molar-refractivity contribution in [1.82, 2.24) is 0 Å². The summed E-state index contributed by atoms with van der Waals surface area (Å²) in [5, 5.41) is 0.634. The number of halogens is 2. The number of aryl methyl sites for hydroxylation is 2. The molecule has 0 heterocycles. The van der Waals surface area contributed by atoms with E-state index in [0.29, 0.717) is 5.02 Å². The van der Waals surface area contributed by atoms with Gasteiger partial charge in [0, 0.05) is 10.6 Å². The van der Waals surface area contributed by atoms with E-state index < -0.39 is 0 Å². The lowest BCUT2D eigenvalue weighted by Crippen LogP contribution is -2.16. The van der Waals surface area contributed by atoms with Gasteiger partial charge in [-0.15, -0.1) is 0 Å². The van der Waals surface area contributed by atoms with E-state index in [0.717, 1.165) is 32.5 Å². The molecule has 2 aromatic carbocycles. The van der Waals surface area contributed by atoms with Gasteiger partial charge in [0.05, 0.1) is 17.6 Å². The highest BCUT2D eigenvalue weighted by Gasteiger charge is 2.20. The SMILES string of the molecule is COc1c(Br)cc(Cl)cc1C(N)c1c(C)cccc1C. The molecule has 0 aliphatic carbocycles. The highest BCUT2D eigenvalue weighted by molar-refractivity contribution is 9.10. The van der Waals surface area contributed by atoms with Gasteiger partial charge in [-0.3, -0.25) is 0 Å². The molecule has 0 aromatic heterocycles. The zero-order chi connectivity index (χ0) is 14.9. The van der Waals surface area contributed by atoms with Crippen molar-refractivity contribution in [3.63, 3.8) is 0 Å². The minimum absolute atomic E-state index is 0.277. The van der Waals surface area contributed by atoms with Crippen molar-refractivity contribution in [3.8, 4) is 5.75 Å². The molecular weight excluding hydrogens is 338 g/mol. The van der Waals surface area contributed by atoms with Crippen molar-refractivity contribution in [2.24, 2.45) is 5.73 Å². The van der Waals surface area contributed by atoms with Crippen LogP contribution in [0.1, 0.15) is 28.3 Å². The lowest BCUT2D eigenvalue weighted by molar-refractivity contribution is 0.405. The standard InChI is InChI=1S/C16H17BrClNO/c1-9-5-4-6-10(2)14(9)15(19)12-7-11(18)8-13(17)16(12)20-3/h4-8,15H,19H2,1-3H3. The third kappa shape index (κ3) is 2.85. The minimum atomic E-state index is -0.277. The zero-order valence-electron chi connectivity index (χ0n) is 11.7. The first-order chi connectivity index (χ1) is 9.45. The molecule has 0 spiro atoms. The number of methoxy groups -OCH3 is 1. The first kappa shape index (κ1) is 15.4. The van der Waals surface area contributed by atoms with Gasteiger partial charge in [0.25, 0.3) is 0 Å². The van der Waals surface area contributed by atoms with Gasteiger partial charge in [-0.05, 0) is 58.6 Å². The summed E-state index contributed by atoms with van der Waals surface area (Å²) in [5.41, 5.74) is 10.8. The second kappa shape index (κ2) is 6.17. The Morgan fingerprint density at radius 3 is 2.35 bits per heavy atom. The Bertz CT molecular complexity index is 622. The molecule has 0 aliphatic rings. The Balaban J connectivity index is 2.62. The third-order valence-corrected chi connectivity index (χ3v) is 4.24. The Hall–Kier alpha value is -1.03. The van der Waals surface area contributed by atoms with Gasteiger partial charge in [-0.25, -0.2) is 0 Å². The van der Waals surface area contributed by atoms with Crippen LogP contribution in [0.4, 0.5) is 0 Å². The molecule has 2 rings (SSSR count). The third-order valence-electron chi connectivity index (χ3n) is 3.43. The Morgan fingerprint density at radius 2 is 1.80 bits per heavy atom. The van der Waals surface area contributed by atoms with E-state index >= 15 is 0 Å². The number of ether oxygens (including phenoxy) is 1. The summed E-state index contributed by atoms with van der Waals surface area (Å²) in [6.45, 7) is 4.13. The molecule has 1 atom stereocenters. The molecule has 4 heteroatoms. The summed E-state index contributed by atoms with van der Waals surface area (Å²) in [4.78, 5) is 0. The molecule has 0 fully saturated rings. The van der Waals surface area contributed by atoms with Gasteiger partial charge in [0.15, 0.2) is 0 Å². The van der Waals surface area contributed by atoms with Crippen LogP contribution in [0, 0.1) is 13.8 Å². The maximum atomic E-state index is 6.47. The van der Waals surface area contributed by atoms with Gasteiger partial charge < -0.3 is 10.5 Å². The van der Waals surface area contributed by atoms with Crippen molar-refractivity contribution in [2.45, 2.75) is 19.9 Å². The van der Waals surface area contributed by atoms with E-state index in [2.05, 4.69) is 41.9 Å². The van der Waals surface area contributed by atoms with Crippen molar-refractivity contribution in [3.05, 3.63) is 62.1 Å². The summed E-state index contributed by atoms with van der Waals surface area (Å²) < 4.78 is 6.28. The molecule has 2 N–H and O–H groups in total. The van der Waals surface area contributed by atoms with Crippen LogP contribution in [0.2, 0.25) is 5.02 Å². The normalized spacial score (nSPS) is 12.3. The maximum absolute atomic E-state index is 6.47. The molecule has 0 bridgehead atoms. The topological polar surface area (TPSA) is 35.2 Å². The summed E-state index contributed by atoms with van der Waals surface area (Å²) in [7, 11) is 1.63. The quantitative estimate of drug-likeness (QED) is 0.861. The summed E-state index contributed by atoms with van der Waals surface area (Å²) in [6, 6.07) is 9.55. The average molecular weight is 355 g/mol. The van der Waals surface area contributed by atoms with Crippen LogP contribution in [0.5, 0.6) is 5.75 Å². The van der Waals surface area contributed by atoms with Crippen molar-refractivity contribution in [1.29, 1.82) is 0 Å². The largest absolute Gasteiger partial charge is 0.495 e. The molecule has 0 amide bonds. The van der Waals surface area contributed by atoms with Crippen LogP contribution in [0.15, 0.2) is 34.8 Å². The molecule has 0 saturated carbocycles. The van der Waals surface area contributed by atoms with E-state index in [4.69, 9.17) is 22.1 Å². The van der Waals surface area contributed by atoms with E-state index in [1.807, 2.05) is 12.1 Å². The monoisotopic (exact) mass is 353 g/mol. The van der Waals surface area contributed by atoms with Crippen LogP contribution >= 0.6 is 27.5 Å². The van der Waals surface area contributed by atoms with E-state index in [-0.39, 0.29) is 6.04 Å². The van der Waals surface area contributed by atoms with Gasteiger partial charge in [-0.2, -0.15) is 0 Å². The minimum Gasteiger partial charge on any atom is -0.495 e. The van der Waals surface area contributed by atoms with Gasteiger partial charge in [0.1, 0.15) is 5.75 Å². The van der Waals surface area contributed by atoms with E-state index in [9.17, 15) is 0 Å². The highest BCUT2D eigenvalue weighted by atomic mass is 79.9. The Morgan fingerprint density at radius 1 is 1.20 bits per heavy atom. The fourth-order valence-corrected chi connectivity index (χ4v) is 3.50. The molecule has 106 valence electrons. The van der Waals surface area contributed by atoms with Crippen LogP contribution in [0.3, 0.4) is 0 Å². The molecule has 0 aliphatic heterocycles. The van der Waals surface area contributed by atoms with Crippen LogP contribution in [-0.2, 0) is 0 Å². The first-order valence-electron chi connectivity index (χ1n) is 6.30. The summed E-state index contributed by atoms with van der Waals surface area (Å²) >= 11 is 9.62. The number of hydrogen-bond donors (Lipinski definition) is 1. The highest BCUT2D eigenvalue weighted by Crippen LogP contribution is 2.38. The summed E-state index contributed by atoms with van der Waals surface area (Å²) in [5.74, 6) is 0.726. The first-order valence-corrected chi connectivity index (χ1v) is 7.47. The Labute approximate surface area is 133 Å². The van der Waals surface area contributed by atoms with Crippen molar-refractivity contribution in [2.75, 3.05) is 7.11 Å². The van der Waals surface area contributed by atoms with E-state index in [1.54, 1.807) is 13.2 Å². The summed E-state index contributed by atoms with van der Waals surface area (Å²) in [6.07, 6.45) is 0. The second-order valence-electron chi connectivity index (χ2n) is 4.79. The van der Waals surface area contributed by atoms with Crippen LogP contribution < -0.4 is 10.5 Å². The number of benzene rings is 2. The van der Waals surface area contributed by atoms with Crippen LogP contribution in [0.25, 0.3) is 0 Å². The predicted octanol–water partition coefficient (Wildman–Crippen LogP) is 4.78. The van der Waals surface area contributed by atoms with E-state index in [1.165, 1.54) is 0 Å². The van der Waals surface area contributed by atoms with Gasteiger partial charge in [-0.1, -0.05) is 29.8 Å². The zero-order valence-corrected chi connectivity index (χ0v) is 14.0. The molecule has 2 nitrogen and oxygen atoms in total. The fraction of sp³-hybridized carbons (Fsp3) is 0.250. The predicted molar refractivity (Wildman–Crippen MR) is 87.7 cm³/mol. The molecule has 20 heavy (non-hydrogen) atoms. The van der Waals surface area contributed by atoms with Crippen LogP contribution in [-0.4, -0.2) is 7.11 Å². The number of nitrogens with two attached hydrogens (primary N) is 1.